The summed E-state index contributed by atoms with van der Waals surface area (Å²) in [6.07, 6.45) is 0.946. The highest BCUT2D eigenvalue weighted by atomic mass is 16.5. The molecule has 0 bridgehead atoms. The number of urea groups is 1. The topological polar surface area (TPSA) is 64.6 Å². The standard InChI is InChI=1S/C9H19N3O2/c1-6-5-7(10-8(13)11-14)12(6)9(2,3)4/h6-7,14H,5H2,1-4H3,(H2,10,11,13). The Morgan fingerprint density at radius 1 is 1.50 bits per heavy atom. The molecule has 14 heavy (non-hydrogen) atoms. The molecule has 0 saturated carbocycles. The van der Waals surface area contributed by atoms with E-state index in [1.54, 1.807) is 5.48 Å². The third-order valence-electron chi connectivity index (χ3n) is 2.55. The number of nitrogens with one attached hydrogen (secondary N) is 2. The smallest absolute Gasteiger partial charge is 0.321 e. The van der Waals surface area contributed by atoms with Crippen molar-refractivity contribution in [2.24, 2.45) is 0 Å². The molecule has 1 aliphatic heterocycles. The summed E-state index contributed by atoms with van der Waals surface area (Å²) < 4.78 is 0. The molecule has 2 unspecified atom stereocenters. The van der Waals surface area contributed by atoms with Crippen LogP contribution in [0.15, 0.2) is 0 Å². The molecule has 0 aliphatic carbocycles. The van der Waals surface area contributed by atoms with Crippen LogP contribution < -0.4 is 10.8 Å². The van der Waals surface area contributed by atoms with E-state index in [1.807, 2.05) is 0 Å². The maximum Gasteiger partial charge on any atom is 0.339 e. The van der Waals surface area contributed by atoms with Crippen LogP contribution in [0.25, 0.3) is 0 Å². The fraction of sp³-hybridized carbons (Fsp3) is 0.889. The summed E-state index contributed by atoms with van der Waals surface area (Å²) in [4.78, 5) is 13.1. The Morgan fingerprint density at radius 2 is 2.07 bits per heavy atom. The van der Waals surface area contributed by atoms with Crippen LogP contribution in [0.4, 0.5) is 4.79 Å². The van der Waals surface area contributed by atoms with Gasteiger partial charge in [0, 0.05) is 11.6 Å². The van der Waals surface area contributed by atoms with Crippen LogP contribution in [0.1, 0.15) is 34.1 Å². The number of hydroxylamine groups is 1. The first-order valence-corrected chi connectivity index (χ1v) is 4.85. The van der Waals surface area contributed by atoms with Gasteiger partial charge in [0.25, 0.3) is 0 Å². The van der Waals surface area contributed by atoms with E-state index in [0.29, 0.717) is 6.04 Å². The highest BCUT2D eigenvalue weighted by Gasteiger charge is 2.42. The first-order chi connectivity index (χ1) is 6.36. The van der Waals surface area contributed by atoms with Gasteiger partial charge >= 0.3 is 6.03 Å². The summed E-state index contributed by atoms with van der Waals surface area (Å²) in [5.74, 6) is 0. The second-order valence-electron chi connectivity index (χ2n) is 4.76. The molecule has 3 N–H and O–H groups in total. The van der Waals surface area contributed by atoms with Crippen LogP contribution in [0.3, 0.4) is 0 Å². The number of hydrogen-bond donors (Lipinski definition) is 3. The molecular formula is C9H19N3O2. The van der Waals surface area contributed by atoms with Crippen molar-refractivity contribution in [2.45, 2.75) is 51.9 Å². The molecule has 2 atom stereocenters. The van der Waals surface area contributed by atoms with Crippen LogP contribution in [0.5, 0.6) is 0 Å². The lowest BCUT2D eigenvalue weighted by Crippen LogP contribution is -2.68. The highest BCUT2D eigenvalue weighted by Crippen LogP contribution is 2.31. The van der Waals surface area contributed by atoms with Crippen molar-refractivity contribution in [3.05, 3.63) is 0 Å². The largest absolute Gasteiger partial charge is 0.339 e. The van der Waals surface area contributed by atoms with Gasteiger partial charge in [0.1, 0.15) is 0 Å². The Balaban J connectivity index is 2.53. The quantitative estimate of drug-likeness (QED) is 0.436. The van der Waals surface area contributed by atoms with Crippen LogP contribution in [-0.4, -0.2) is 33.9 Å². The summed E-state index contributed by atoms with van der Waals surface area (Å²) in [5, 5.41) is 11.1. The summed E-state index contributed by atoms with van der Waals surface area (Å²) in [6, 6.07) is -0.0739. The summed E-state index contributed by atoms with van der Waals surface area (Å²) in [7, 11) is 0. The fourth-order valence-corrected chi connectivity index (χ4v) is 2.16. The molecule has 0 spiro atoms. The number of rotatable bonds is 1. The zero-order valence-electron chi connectivity index (χ0n) is 9.16. The van der Waals surface area contributed by atoms with E-state index in [4.69, 9.17) is 5.21 Å². The minimum absolute atomic E-state index is 0.0251. The monoisotopic (exact) mass is 201 g/mol. The van der Waals surface area contributed by atoms with Crippen LogP contribution in [0, 0.1) is 0 Å². The maximum absolute atomic E-state index is 10.9. The van der Waals surface area contributed by atoms with Gasteiger partial charge in [0.05, 0.1) is 6.17 Å². The van der Waals surface area contributed by atoms with Gasteiger partial charge in [-0.15, -0.1) is 0 Å². The average molecular weight is 201 g/mol. The van der Waals surface area contributed by atoms with E-state index < -0.39 is 6.03 Å². The Bertz CT molecular complexity index is 225. The predicted molar refractivity (Wildman–Crippen MR) is 52.9 cm³/mol. The molecule has 82 valence electrons. The van der Waals surface area contributed by atoms with E-state index in [-0.39, 0.29) is 11.7 Å². The molecule has 0 aromatic carbocycles. The van der Waals surface area contributed by atoms with E-state index >= 15 is 0 Å². The van der Waals surface area contributed by atoms with Gasteiger partial charge in [-0.05, 0) is 34.1 Å². The fourth-order valence-electron chi connectivity index (χ4n) is 2.16. The molecule has 1 rings (SSSR count). The van der Waals surface area contributed by atoms with Gasteiger partial charge in [-0.2, -0.15) is 0 Å². The normalized spacial score (nSPS) is 28.1. The molecule has 1 saturated heterocycles. The van der Waals surface area contributed by atoms with Crippen molar-refractivity contribution in [1.29, 1.82) is 0 Å². The van der Waals surface area contributed by atoms with Gasteiger partial charge in [-0.1, -0.05) is 0 Å². The molecule has 1 fully saturated rings. The lowest BCUT2D eigenvalue weighted by Gasteiger charge is -2.54. The molecule has 0 radical (unpaired) electrons. The first-order valence-electron chi connectivity index (χ1n) is 4.85. The SMILES string of the molecule is CC1CC(NC(=O)NO)N1C(C)(C)C. The van der Waals surface area contributed by atoms with Crippen LogP contribution >= 0.6 is 0 Å². The second kappa shape index (κ2) is 3.74. The minimum Gasteiger partial charge on any atom is -0.321 e. The molecule has 2 amide bonds. The molecule has 1 heterocycles. The number of nitrogens with zero attached hydrogens (tertiary/aromatic N) is 1. The third-order valence-corrected chi connectivity index (χ3v) is 2.55. The number of likely N-dealkylation sites (tertiary alicyclic amines) is 1. The first kappa shape index (κ1) is 11.3. The summed E-state index contributed by atoms with van der Waals surface area (Å²) in [6.45, 7) is 8.44. The zero-order chi connectivity index (χ0) is 10.9. The highest BCUT2D eigenvalue weighted by molar-refractivity contribution is 5.72. The van der Waals surface area contributed by atoms with Crippen molar-refractivity contribution in [3.63, 3.8) is 0 Å². The molecular weight excluding hydrogens is 182 g/mol. The van der Waals surface area contributed by atoms with E-state index in [0.717, 1.165) is 6.42 Å². The molecule has 0 aromatic heterocycles. The number of carbonyl (C=O) groups is 1. The summed E-state index contributed by atoms with van der Waals surface area (Å²) >= 11 is 0. The van der Waals surface area contributed by atoms with Crippen molar-refractivity contribution >= 4 is 6.03 Å². The third kappa shape index (κ3) is 2.16. The van der Waals surface area contributed by atoms with Crippen molar-refractivity contribution in [2.75, 3.05) is 0 Å². The van der Waals surface area contributed by atoms with E-state index in [1.165, 1.54) is 0 Å². The molecule has 5 heteroatoms. The van der Waals surface area contributed by atoms with Crippen molar-refractivity contribution in [1.82, 2.24) is 15.7 Å². The summed E-state index contributed by atoms with van der Waals surface area (Å²) in [5.41, 5.74) is 1.61. The van der Waals surface area contributed by atoms with E-state index in [2.05, 4.69) is 37.9 Å². The number of amides is 2. The van der Waals surface area contributed by atoms with Crippen LogP contribution in [0.2, 0.25) is 0 Å². The Hall–Kier alpha value is -0.810. The molecule has 5 nitrogen and oxygen atoms in total. The number of hydrogen-bond acceptors (Lipinski definition) is 3. The van der Waals surface area contributed by atoms with E-state index in [9.17, 15) is 4.79 Å². The Kier molecular flexibility index (Phi) is 3.01. The zero-order valence-corrected chi connectivity index (χ0v) is 9.16. The predicted octanol–water partition coefficient (Wildman–Crippen LogP) is 0.894. The lowest BCUT2D eigenvalue weighted by atomic mass is 9.91. The van der Waals surface area contributed by atoms with Crippen LogP contribution in [-0.2, 0) is 0 Å². The average Bonchev–Trinajstić information content (AvgIpc) is 1.99. The van der Waals surface area contributed by atoms with Gasteiger partial charge in [-0.25, -0.2) is 10.3 Å². The Labute approximate surface area is 84.4 Å². The maximum atomic E-state index is 10.9. The van der Waals surface area contributed by atoms with Gasteiger partial charge in [-0.3, -0.25) is 10.1 Å². The molecule has 1 aliphatic rings. The second-order valence-corrected chi connectivity index (χ2v) is 4.76. The minimum atomic E-state index is -0.545. The van der Waals surface area contributed by atoms with Gasteiger partial charge in [0.2, 0.25) is 0 Å². The van der Waals surface area contributed by atoms with Crippen molar-refractivity contribution in [3.8, 4) is 0 Å². The van der Waals surface area contributed by atoms with Crippen molar-refractivity contribution < 1.29 is 10.0 Å². The van der Waals surface area contributed by atoms with Gasteiger partial charge in [0.15, 0.2) is 0 Å². The van der Waals surface area contributed by atoms with Gasteiger partial charge < -0.3 is 5.32 Å². The molecule has 0 aromatic rings. The Morgan fingerprint density at radius 3 is 2.43 bits per heavy atom. The number of carbonyl (C=O) groups excluding carboxylic acids is 1. The lowest BCUT2D eigenvalue weighted by molar-refractivity contribution is -0.0609.